The second kappa shape index (κ2) is 10.1. The van der Waals surface area contributed by atoms with Crippen LogP contribution in [0.3, 0.4) is 0 Å². The fraction of sp³-hybridized carbons (Fsp3) is 0.579. The van der Waals surface area contributed by atoms with Crippen molar-refractivity contribution in [2.24, 2.45) is 0 Å². The van der Waals surface area contributed by atoms with Gasteiger partial charge in [-0.1, -0.05) is 6.07 Å². The van der Waals surface area contributed by atoms with Gasteiger partial charge in [0, 0.05) is 45.3 Å². The lowest BCUT2D eigenvalue weighted by Crippen LogP contribution is -2.55. The molecule has 28 heavy (non-hydrogen) atoms. The molecule has 1 aromatic carbocycles. The topological polar surface area (TPSA) is 92.4 Å². The number of benzene rings is 1. The van der Waals surface area contributed by atoms with Crippen LogP contribution in [0.4, 0.5) is 4.79 Å². The molecule has 1 aromatic rings. The van der Waals surface area contributed by atoms with Gasteiger partial charge < -0.3 is 19.5 Å². The van der Waals surface area contributed by atoms with Crippen LogP contribution in [-0.2, 0) is 11.3 Å². The Morgan fingerprint density at radius 1 is 1.04 bits per heavy atom. The summed E-state index contributed by atoms with van der Waals surface area (Å²) >= 11 is 0. The van der Waals surface area contributed by atoms with Crippen molar-refractivity contribution in [2.45, 2.75) is 19.5 Å². The van der Waals surface area contributed by atoms with E-state index < -0.39 is 6.03 Å². The summed E-state index contributed by atoms with van der Waals surface area (Å²) in [6.45, 7) is 5.58. The van der Waals surface area contributed by atoms with Crippen molar-refractivity contribution in [1.82, 2.24) is 20.4 Å². The molecular formula is C19H30N4O5. The lowest BCUT2D eigenvalue weighted by atomic mass is 10.1. The maximum Gasteiger partial charge on any atom is 0.321 e. The van der Waals surface area contributed by atoms with Gasteiger partial charge in [0.2, 0.25) is 11.7 Å². The van der Waals surface area contributed by atoms with Gasteiger partial charge in [-0.2, -0.15) is 0 Å². The number of carbonyl (C=O) groups is 2. The van der Waals surface area contributed by atoms with Gasteiger partial charge in [0.15, 0.2) is 11.5 Å². The Morgan fingerprint density at radius 2 is 1.68 bits per heavy atom. The number of ether oxygens (including phenoxy) is 3. The van der Waals surface area contributed by atoms with Gasteiger partial charge in [-0.15, -0.1) is 0 Å². The first-order valence-electron chi connectivity index (χ1n) is 9.21. The summed E-state index contributed by atoms with van der Waals surface area (Å²) in [5.41, 5.74) is 1.01. The van der Waals surface area contributed by atoms with Crippen molar-refractivity contribution in [3.63, 3.8) is 0 Å². The van der Waals surface area contributed by atoms with Crippen LogP contribution in [0.5, 0.6) is 17.2 Å². The molecule has 0 aromatic heterocycles. The van der Waals surface area contributed by atoms with E-state index >= 15 is 0 Å². The Hall–Kier alpha value is -2.52. The highest BCUT2D eigenvalue weighted by atomic mass is 16.5. The molecule has 1 aliphatic heterocycles. The molecule has 0 bridgehead atoms. The van der Waals surface area contributed by atoms with Gasteiger partial charge >= 0.3 is 6.03 Å². The zero-order valence-electron chi connectivity index (χ0n) is 17.2. The number of imide groups is 1. The summed E-state index contributed by atoms with van der Waals surface area (Å²) in [6, 6.07) is 3.00. The van der Waals surface area contributed by atoms with Gasteiger partial charge in [0.05, 0.1) is 27.4 Å². The molecule has 1 saturated heterocycles. The van der Waals surface area contributed by atoms with E-state index in [9.17, 15) is 9.59 Å². The Bertz CT molecular complexity index is 689. The predicted molar refractivity (Wildman–Crippen MR) is 105 cm³/mol. The standard InChI is InChI=1S/C19H30N4O5/c1-13(18(24)21-19(25)20-2)23-10-8-22(9-11-23)12-14-6-7-15(26-3)17(28-5)16(14)27-4/h6-7,13H,8-12H2,1-5H3,(H2,20,21,24,25)/t13-/m1/s1. The second-order valence-corrected chi connectivity index (χ2v) is 6.55. The summed E-state index contributed by atoms with van der Waals surface area (Å²) in [4.78, 5) is 27.8. The van der Waals surface area contributed by atoms with Crippen LogP contribution in [-0.4, -0.2) is 82.3 Å². The summed E-state index contributed by atoms with van der Waals surface area (Å²) in [5.74, 6) is 1.58. The molecule has 1 aliphatic rings. The number of nitrogens with zero attached hydrogens (tertiary/aromatic N) is 2. The molecular weight excluding hydrogens is 364 g/mol. The number of amides is 3. The van der Waals surface area contributed by atoms with Crippen LogP contribution in [0.15, 0.2) is 12.1 Å². The Balaban J connectivity index is 1.97. The maximum atomic E-state index is 12.1. The number of piperazine rings is 1. The summed E-state index contributed by atoms with van der Waals surface area (Å²) < 4.78 is 16.3. The first-order valence-corrected chi connectivity index (χ1v) is 9.21. The molecule has 3 amide bonds. The van der Waals surface area contributed by atoms with Crippen molar-refractivity contribution < 1.29 is 23.8 Å². The van der Waals surface area contributed by atoms with Crippen molar-refractivity contribution in [3.05, 3.63) is 17.7 Å². The maximum absolute atomic E-state index is 12.1. The van der Waals surface area contributed by atoms with Gasteiger partial charge in [-0.05, 0) is 13.0 Å². The number of hydrogen-bond donors (Lipinski definition) is 2. The van der Waals surface area contributed by atoms with E-state index in [0.29, 0.717) is 23.8 Å². The van der Waals surface area contributed by atoms with Gasteiger partial charge in [-0.3, -0.25) is 19.9 Å². The van der Waals surface area contributed by atoms with Crippen LogP contribution in [0.1, 0.15) is 12.5 Å². The Morgan fingerprint density at radius 3 is 2.21 bits per heavy atom. The molecule has 0 spiro atoms. The minimum absolute atomic E-state index is 0.297. The zero-order valence-corrected chi connectivity index (χ0v) is 17.2. The molecule has 1 fully saturated rings. The molecule has 9 heteroatoms. The van der Waals surface area contributed by atoms with Gasteiger partial charge in [0.25, 0.3) is 0 Å². The normalized spacial score (nSPS) is 16.2. The highest BCUT2D eigenvalue weighted by molar-refractivity contribution is 5.96. The number of carbonyl (C=O) groups excluding carboxylic acids is 2. The quantitative estimate of drug-likeness (QED) is 0.702. The average Bonchev–Trinajstić information content (AvgIpc) is 2.72. The summed E-state index contributed by atoms with van der Waals surface area (Å²) in [6.07, 6.45) is 0. The number of methoxy groups -OCH3 is 3. The largest absolute Gasteiger partial charge is 0.493 e. The first kappa shape index (κ1) is 21.8. The fourth-order valence-corrected chi connectivity index (χ4v) is 3.28. The lowest BCUT2D eigenvalue weighted by Gasteiger charge is -2.37. The molecule has 0 saturated carbocycles. The fourth-order valence-electron chi connectivity index (χ4n) is 3.28. The summed E-state index contributed by atoms with van der Waals surface area (Å²) in [7, 11) is 6.28. The monoisotopic (exact) mass is 394 g/mol. The second-order valence-electron chi connectivity index (χ2n) is 6.55. The predicted octanol–water partition coefficient (Wildman–Crippen LogP) is 0.674. The van der Waals surface area contributed by atoms with Crippen molar-refractivity contribution in [2.75, 3.05) is 54.6 Å². The van der Waals surface area contributed by atoms with E-state index in [4.69, 9.17) is 14.2 Å². The van der Waals surface area contributed by atoms with Crippen molar-refractivity contribution in [1.29, 1.82) is 0 Å². The van der Waals surface area contributed by atoms with Crippen molar-refractivity contribution >= 4 is 11.9 Å². The molecule has 0 unspecified atom stereocenters. The minimum Gasteiger partial charge on any atom is -0.493 e. The van der Waals surface area contributed by atoms with Gasteiger partial charge in [-0.25, -0.2) is 4.79 Å². The third-order valence-electron chi connectivity index (χ3n) is 4.98. The molecule has 0 aliphatic carbocycles. The molecule has 0 radical (unpaired) electrons. The number of rotatable bonds is 7. The van der Waals surface area contributed by atoms with Crippen LogP contribution < -0.4 is 24.8 Å². The first-order chi connectivity index (χ1) is 13.4. The van der Waals surface area contributed by atoms with Gasteiger partial charge in [0.1, 0.15) is 0 Å². The zero-order chi connectivity index (χ0) is 20.7. The minimum atomic E-state index is -0.490. The van der Waals surface area contributed by atoms with Crippen LogP contribution >= 0.6 is 0 Å². The molecule has 1 heterocycles. The van der Waals surface area contributed by atoms with E-state index in [1.54, 1.807) is 21.3 Å². The highest BCUT2D eigenvalue weighted by Gasteiger charge is 2.27. The lowest BCUT2D eigenvalue weighted by molar-refractivity contribution is -0.125. The van der Waals surface area contributed by atoms with Crippen molar-refractivity contribution in [3.8, 4) is 17.2 Å². The number of nitrogens with one attached hydrogen (secondary N) is 2. The molecule has 1 atom stereocenters. The SMILES string of the molecule is CNC(=O)NC(=O)[C@@H](C)N1CCN(Cc2ccc(OC)c(OC)c2OC)CC1. The van der Waals surface area contributed by atoms with Crippen LogP contribution in [0, 0.1) is 0 Å². The number of hydrogen-bond acceptors (Lipinski definition) is 7. The molecule has 2 rings (SSSR count). The third kappa shape index (κ3) is 5.05. The van der Waals surface area contributed by atoms with Crippen LogP contribution in [0.25, 0.3) is 0 Å². The van der Waals surface area contributed by atoms with E-state index in [1.807, 2.05) is 19.1 Å². The van der Waals surface area contributed by atoms with E-state index in [-0.39, 0.29) is 11.9 Å². The number of urea groups is 1. The molecule has 2 N–H and O–H groups in total. The van der Waals surface area contributed by atoms with E-state index in [1.165, 1.54) is 7.05 Å². The van der Waals surface area contributed by atoms with E-state index in [2.05, 4.69) is 20.4 Å². The summed E-state index contributed by atoms with van der Waals surface area (Å²) in [5, 5.41) is 4.72. The van der Waals surface area contributed by atoms with E-state index in [0.717, 1.165) is 31.7 Å². The molecule has 156 valence electrons. The Labute approximate surface area is 165 Å². The molecule has 9 nitrogen and oxygen atoms in total. The third-order valence-corrected chi connectivity index (χ3v) is 4.98. The van der Waals surface area contributed by atoms with Crippen LogP contribution in [0.2, 0.25) is 0 Å². The Kier molecular flexibility index (Phi) is 7.89. The average molecular weight is 394 g/mol. The highest BCUT2D eigenvalue weighted by Crippen LogP contribution is 2.40. The smallest absolute Gasteiger partial charge is 0.321 e.